The maximum absolute atomic E-state index is 12.1. The third kappa shape index (κ3) is 2.06. The molecule has 0 saturated carbocycles. The minimum Gasteiger partial charge on any atom is -0.348 e. The van der Waals surface area contributed by atoms with Crippen molar-refractivity contribution in [1.82, 2.24) is 20.8 Å². The Morgan fingerprint density at radius 1 is 1.75 bits per heavy atom. The van der Waals surface area contributed by atoms with Crippen molar-refractivity contribution in [2.75, 3.05) is 13.1 Å². The lowest BCUT2D eigenvalue weighted by molar-refractivity contribution is -0.130. The molecule has 0 aliphatic carbocycles. The van der Waals surface area contributed by atoms with E-state index in [-0.39, 0.29) is 11.3 Å². The Kier molecular flexibility index (Phi) is 3.19. The third-order valence-electron chi connectivity index (χ3n) is 3.22. The topological polar surface area (TPSA) is 80.1 Å². The second kappa shape index (κ2) is 4.61. The van der Waals surface area contributed by atoms with Crippen LogP contribution in [0.25, 0.3) is 0 Å². The zero-order chi connectivity index (χ0) is 11.4. The van der Waals surface area contributed by atoms with Gasteiger partial charge in [0.05, 0.1) is 12.0 Å². The minimum absolute atomic E-state index is 0.0739. The van der Waals surface area contributed by atoms with Gasteiger partial charge in [0.2, 0.25) is 12.3 Å². The van der Waals surface area contributed by atoms with Crippen molar-refractivity contribution in [3.63, 3.8) is 0 Å². The van der Waals surface area contributed by atoms with Gasteiger partial charge in [-0.2, -0.15) is 4.98 Å². The molecule has 16 heavy (non-hydrogen) atoms. The summed E-state index contributed by atoms with van der Waals surface area (Å²) < 4.78 is 4.60. The molecule has 1 aliphatic heterocycles. The van der Waals surface area contributed by atoms with Crippen LogP contribution >= 0.6 is 0 Å². The highest BCUT2D eigenvalue weighted by Gasteiger charge is 2.39. The Balaban J connectivity index is 1.91. The Hall–Kier alpha value is -1.43. The molecule has 1 aromatic heterocycles. The van der Waals surface area contributed by atoms with E-state index in [1.54, 1.807) is 0 Å². The van der Waals surface area contributed by atoms with Crippen LogP contribution in [0.3, 0.4) is 0 Å². The fourth-order valence-corrected chi connectivity index (χ4v) is 2.02. The summed E-state index contributed by atoms with van der Waals surface area (Å²) >= 11 is 0. The number of hydrogen-bond acceptors (Lipinski definition) is 5. The Morgan fingerprint density at radius 2 is 2.62 bits per heavy atom. The molecule has 1 atom stereocenters. The van der Waals surface area contributed by atoms with Crippen LogP contribution in [0.15, 0.2) is 10.9 Å². The Bertz CT molecular complexity index is 344. The zero-order valence-electron chi connectivity index (χ0n) is 9.32. The number of carbonyl (C=O) groups excluding carboxylic acids is 1. The van der Waals surface area contributed by atoms with Gasteiger partial charge in [-0.3, -0.25) is 4.79 Å². The molecule has 6 heteroatoms. The number of hydrogen-bond donors (Lipinski definition) is 2. The first kappa shape index (κ1) is 11.1. The van der Waals surface area contributed by atoms with Crippen LogP contribution in [0.1, 0.15) is 25.6 Å². The quantitative estimate of drug-likeness (QED) is 0.756. The maximum atomic E-state index is 12.1. The van der Waals surface area contributed by atoms with Crippen LogP contribution in [0.5, 0.6) is 0 Å². The van der Waals surface area contributed by atoms with Crippen LogP contribution in [0.2, 0.25) is 0 Å². The lowest BCUT2D eigenvalue weighted by atomic mass is 9.83. The van der Waals surface area contributed by atoms with Gasteiger partial charge in [-0.15, -0.1) is 0 Å². The molecule has 2 heterocycles. The number of amides is 1. The SMILES string of the molecule is CCC1(C(=O)NCc2ncon2)CCNC1. The second-order valence-corrected chi connectivity index (χ2v) is 4.09. The van der Waals surface area contributed by atoms with Crippen molar-refractivity contribution in [2.45, 2.75) is 26.3 Å². The first-order valence-corrected chi connectivity index (χ1v) is 5.51. The predicted molar refractivity (Wildman–Crippen MR) is 56.4 cm³/mol. The zero-order valence-corrected chi connectivity index (χ0v) is 9.32. The number of carbonyl (C=O) groups is 1. The minimum atomic E-state index is -0.260. The maximum Gasteiger partial charge on any atom is 0.227 e. The predicted octanol–water partition coefficient (Wildman–Crippen LogP) is 0.0755. The number of nitrogens with one attached hydrogen (secondary N) is 2. The summed E-state index contributed by atoms with van der Waals surface area (Å²) in [4.78, 5) is 15.9. The summed E-state index contributed by atoms with van der Waals surface area (Å²) in [6.45, 7) is 4.03. The van der Waals surface area contributed by atoms with Crippen LogP contribution in [-0.2, 0) is 11.3 Å². The lowest BCUT2D eigenvalue weighted by Crippen LogP contribution is -2.41. The first-order chi connectivity index (χ1) is 7.77. The molecule has 1 aliphatic rings. The number of rotatable bonds is 4. The van der Waals surface area contributed by atoms with E-state index in [0.717, 1.165) is 25.9 Å². The van der Waals surface area contributed by atoms with Crippen LogP contribution < -0.4 is 10.6 Å². The molecular formula is C10H16N4O2. The van der Waals surface area contributed by atoms with Gasteiger partial charge in [0.1, 0.15) is 0 Å². The van der Waals surface area contributed by atoms with Gasteiger partial charge in [0.25, 0.3) is 0 Å². The molecular weight excluding hydrogens is 208 g/mol. The molecule has 1 saturated heterocycles. The highest BCUT2D eigenvalue weighted by molar-refractivity contribution is 5.83. The van der Waals surface area contributed by atoms with E-state index >= 15 is 0 Å². The summed E-state index contributed by atoms with van der Waals surface area (Å²) in [6.07, 6.45) is 2.99. The van der Waals surface area contributed by atoms with Gasteiger partial charge < -0.3 is 15.2 Å². The van der Waals surface area contributed by atoms with Crippen molar-refractivity contribution >= 4 is 5.91 Å². The van der Waals surface area contributed by atoms with Crippen LogP contribution in [0.4, 0.5) is 0 Å². The normalized spacial score (nSPS) is 24.6. The highest BCUT2D eigenvalue weighted by Crippen LogP contribution is 2.29. The summed E-state index contributed by atoms with van der Waals surface area (Å²) in [7, 11) is 0. The largest absolute Gasteiger partial charge is 0.348 e. The van der Waals surface area contributed by atoms with Gasteiger partial charge in [-0.1, -0.05) is 12.1 Å². The average molecular weight is 224 g/mol. The molecule has 0 spiro atoms. The fourth-order valence-electron chi connectivity index (χ4n) is 2.02. The Morgan fingerprint density at radius 3 is 3.19 bits per heavy atom. The molecule has 6 nitrogen and oxygen atoms in total. The highest BCUT2D eigenvalue weighted by atomic mass is 16.5. The van der Waals surface area contributed by atoms with E-state index < -0.39 is 0 Å². The van der Waals surface area contributed by atoms with Crippen molar-refractivity contribution in [2.24, 2.45) is 5.41 Å². The monoisotopic (exact) mass is 224 g/mol. The average Bonchev–Trinajstić information content (AvgIpc) is 2.97. The second-order valence-electron chi connectivity index (χ2n) is 4.09. The van der Waals surface area contributed by atoms with Crippen molar-refractivity contribution < 1.29 is 9.32 Å². The molecule has 1 amide bonds. The van der Waals surface area contributed by atoms with E-state index in [1.807, 2.05) is 6.92 Å². The molecule has 0 bridgehead atoms. The van der Waals surface area contributed by atoms with E-state index in [4.69, 9.17) is 0 Å². The standard InChI is InChI=1S/C10H16N4O2/c1-2-10(3-4-11-6-10)9(15)12-5-8-13-7-16-14-8/h7,11H,2-6H2,1H3,(H,12,15). The molecule has 2 N–H and O–H groups in total. The van der Waals surface area contributed by atoms with Crippen LogP contribution in [-0.4, -0.2) is 29.1 Å². The van der Waals surface area contributed by atoms with Crippen molar-refractivity contribution in [3.05, 3.63) is 12.2 Å². The molecule has 1 aromatic rings. The van der Waals surface area contributed by atoms with Gasteiger partial charge >= 0.3 is 0 Å². The first-order valence-electron chi connectivity index (χ1n) is 5.51. The number of nitrogens with zero attached hydrogens (tertiary/aromatic N) is 2. The molecule has 2 rings (SSSR count). The third-order valence-corrected chi connectivity index (χ3v) is 3.22. The molecule has 1 unspecified atom stereocenters. The van der Waals surface area contributed by atoms with Crippen LogP contribution in [0, 0.1) is 5.41 Å². The van der Waals surface area contributed by atoms with Gasteiger partial charge in [0.15, 0.2) is 5.82 Å². The van der Waals surface area contributed by atoms with Gasteiger partial charge in [-0.25, -0.2) is 0 Å². The van der Waals surface area contributed by atoms with E-state index in [9.17, 15) is 4.79 Å². The van der Waals surface area contributed by atoms with E-state index in [1.165, 1.54) is 6.39 Å². The van der Waals surface area contributed by atoms with Gasteiger partial charge in [0, 0.05) is 6.54 Å². The van der Waals surface area contributed by atoms with E-state index in [0.29, 0.717) is 12.4 Å². The number of aromatic nitrogens is 2. The fraction of sp³-hybridized carbons (Fsp3) is 0.700. The molecule has 88 valence electrons. The summed E-state index contributed by atoms with van der Waals surface area (Å²) in [5.41, 5.74) is -0.260. The van der Waals surface area contributed by atoms with Gasteiger partial charge in [-0.05, 0) is 19.4 Å². The molecule has 1 fully saturated rings. The van der Waals surface area contributed by atoms with Crippen molar-refractivity contribution in [1.29, 1.82) is 0 Å². The summed E-state index contributed by atoms with van der Waals surface area (Å²) in [5.74, 6) is 0.579. The van der Waals surface area contributed by atoms with Crippen molar-refractivity contribution in [3.8, 4) is 0 Å². The Labute approximate surface area is 93.8 Å². The molecule has 0 aromatic carbocycles. The summed E-state index contributed by atoms with van der Waals surface area (Å²) in [6, 6.07) is 0. The van der Waals surface area contributed by atoms with E-state index in [2.05, 4.69) is 25.3 Å². The molecule has 0 radical (unpaired) electrons. The lowest BCUT2D eigenvalue weighted by Gasteiger charge is -2.24. The summed E-state index contributed by atoms with van der Waals surface area (Å²) in [5, 5.41) is 9.73. The smallest absolute Gasteiger partial charge is 0.227 e.